The molecule has 0 aromatic carbocycles. The minimum absolute atomic E-state index is 0.00335. The molecule has 1 spiro atoms. The van der Waals surface area contributed by atoms with Crippen LogP contribution in [0.2, 0.25) is 0 Å². The third kappa shape index (κ3) is 3.84. The van der Waals surface area contributed by atoms with Crippen LogP contribution in [0.15, 0.2) is 24.5 Å². The van der Waals surface area contributed by atoms with Gasteiger partial charge in [-0.05, 0) is 18.6 Å². The maximum Gasteiger partial charge on any atom is 0.255 e. The molecule has 3 amide bonds. The van der Waals surface area contributed by atoms with Gasteiger partial charge in [0.15, 0.2) is 0 Å². The Morgan fingerprint density at radius 2 is 2.00 bits per heavy atom. The lowest BCUT2D eigenvalue weighted by molar-refractivity contribution is -0.154. The van der Waals surface area contributed by atoms with E-state index in [1.165, 1.54) is 6.92 Å². The predicted molar refractivity (Wildman–Crippen MR) is 104 cm³/mol. The number of aliphatic hydroxyl groups is 1. The van der Waals surface area contributed by atoms with Gasteiger partial charge in [-0.3, -0.25) is 24.3 Å². The number of hydrogen-bond donors (Lipinski definition) is 2. The Balaban J connectivity index is 1.45. The zero-order chi connectivity index (χ0) is 20.6. The summed E-state index contributed by atoms with van der Waals surface area (Å²) in [5.74, 6) is -0.214. The number of carbonyl (C=O) groups excluding carboxylic acids is 3. The summed E-state index contributed by atoms with van der Waals surface area (Å²) in [5.41, 5.74) is 0.235. The van der Waals surface area contributed by atoms with Crippen molar-refractivity contribution in [3.05, 3.63) is 30.1 Å². The van der Waals surface area contributed by atoms with Crippen LogP contribution in [-0.2, 0) is 9.59 Å². The number of hydrogen-bond acceptors (Lipinski definition) is 6. The van der Waals surface area contributed by atoms with E-state index in [0.29, 0.717) is 51.3 Å². The fourth-order valence-electron chi connectivity index (χ4n) is 4.86. The fourth-order valence-corrected chi connectivity index (χ4v) is 4.86. The summed E-state index contributed by atoms with van der Waals surface area (Å²) in [5, 5.41) is 12.9. The molecule has 1 aromatic heterocycles. The number of aromatic nitrogens is 1. The smallest absolute Gasteiger partial charge is 0.255 e. The van der Waals surface area contributed by atoms with Crippen LogP contribution in [0.3, 0.4) is 0 Å². The first-order chi connectivity index (χ1) is 13.9. The summed E-state index contributed by atoms with van der Waals surface area (Å²) in [7, 11) is 0. The molecule has 4 heterocycles. The van der Waals surface area contributed by atoms with Crippen molar-refractivity contribution in [2.24, 2.45) is 0 Å². The maximum atomic E-state index is 13.0. The number of piperazine rings is 1. The van der Waals surface area contributed by atoms with Crippen molar-refractivity contribution in [2.75, 3.05) is 39.3 Å². The number of fused-ring (bicyclic) bond motifs is 2. The van der Waals surface area contributed by atoms with E-state index in [1.54, 1.807) is 29.4 Å². The third-order valence-corrected chi connectivity index (χ3v) is 6.15. The zero-order valence-corrected chi connectivity index (χ0v) is 16.6. The van der Waals surface area contributed by atoms with Crippen LogP contribution in [0.25, 0.3) is 0 Å². The van der Waals surface area contributed by atoms with Gasteiger partial charge in [-0.1, -0.05) is 0 Å². The lowest BCUT2D eigenvalue weighted by atomic mass is 9.83. The molecule has 9 nitrogen and oxygen atoms in total. The number of pyridine rings is 1. The topological polar surface area (TPSA) is 106 Å². The molecular weight excluding hydrogens is 374 g/mol. The van der Waals surface area contributed by atoms with Crippen molar-refractivity contribution >= 4 is 17.7 Å². The van der Waals surface area contributed by atoms with Gasteiger partial charge in [0.2, 0.25) is 11.8 Å². The number of nitrogens with one attached hydrogen (secondary N) is 1. The number of carbonyl (C=O) groups is 3. The van der Waals surface area contributed by atoms with Crippen molar-refractivity contribution in [2.45, 2.75) is 37.5 Å². The average Bonchev–Trinajstić information content (AvgIpc) is 3.05. The Morgan fingerprint density at radius 3 is 2.69 bits per heavy atom. The highest BCUT2D eigenvalue weighted by Gasteiger charge is 2.57. The van der Waals surface area contributed by atoms with E-state index in [9.17, 15) is 19.5 Å². The molecule has 4 rings (SSSR count). The third-order valence-electron chi connectivity index (χ3n) is 6.15. The standard InChI is InChI=1S/C20H27N5O4/c1-14(26)22-6-4-18(28)24-12-20(13-24)11-23(9-16-7-17(27)10-25(16)20)19(29)15-3-2-5-21-8-15/h2-3,5,8,16-17,27H,4,6-7,9-13H2,1H3,(H,22,26)/t16-,17-/m1/s1. The van der Waals surface area contributed by atoms with Crippen LogP contribution < -0.4 is 5.32 Å². The SMILES string of the molecule is CC(=O)NCCC(=O)N1CC2(C1)CN(C(=O)c1cccnc1)C[C@H]1C[C@@H](O)CN12. The fraction of sp³-hybridized carbons (Fsp3) is 0.600. The first-order valence-corrected chi connectivity index (χ1v) is 10.0. The minimum Gasteiger partial charge on any atom is -0.392 e. The van der Waals surface area contributed by atoms with Crippen LogP contribution in [0.1, 0.15) is 30.1 Å². The molecule has 156 valence electrons. The monoisotopic (exact) mass is 401 g/mol. The Labute approximate surface area is 169 Å². The van der Waals surface area contributed by atoms with E-state index in [4.69, 9.17) is 0 Å². The number of rotatable bonds is 4. The first kappa shape index (κ1) is 19.8. The summed E-state index contributed by atoms with van der Waals surface area (Å²) < 4.78 is 0. The summed E-state index contributed by atoms with van der Waals surface area (Å²) in [4.78, 5) is 46.4. The van der Waals surface area contributed by atoms with Gasteiger partial charge in [-0.2, -0.15) is 0 Å². The summed E-state index contributed by atoms with van der Waals surface area (Å²) >= 11 is 0. The molecule has 2 N–H and O–H groups in total. The molecule has 3 saturated heterocycles. The molecule has 3 aliphatic heterocycles. The van der Waals surface area contributed by atoms with Crippen LogP contribution in [0, 0.1) is 0 Å². The van der Waals surface area contributed by atoms with Gasteiger partial charge in [-0.25, -0.2) is 0 Å². The van der Waals surface area contributed by atoms with Gasteiger partial charge < -0.3 is 20.2 Å². The first-order valence-electron chi connectivity index (χ1n) is 10.0. The molecule has 0 saturated carbocycles. The molecule has 29 heavy (non-hydrogen) atoms. The van der Waals surface area contributed by atoms with E-state index < -0.39 is 6.10 Å². The van der Waals surface area contributed by atoms with Gasteiger partial charge in [-0.15, -0.1) is 0 Å². The molecule has 9 heteroatoms. The Morgan fingerprint density at radius 1 is 1.24 bits per heavy atom. The number of likely N-dealkylation sites (tertiary alicyclic amines) is 1. The van der Waals surface area contributed by atoms with E-state index in [0.717, 1.165) is 0 Å². The molecule has 1 aromatic rings. The van der Waals surface area contributed by atoms with Crippen LogP contribution in [0.5, 0.6) is 0 Å². The molecule has 0 unspecified atom stereocenters. The van der Waals surface area contributed by atoms with Crippen molar-refractivity contribution < 1.29 is 19.5 Å². The highest BCUT2D eigenvalue weighted by Crippen LogP contribution is 2.39. The Hall–Kier alpha value is -2.52. The molecule has 3 aliphatic rings. The molecule has 0 aliphatic carbocycles. The van der Waals surface area contributed by atoms with Crippen LogP contribution in [0.4, 0.5) is 0 Å². The van der Waals surface area contributed by atoms with Crippen molar-refractivity contribution in [3.63, 3.8) is 0 Å². The lowest BCUT2D eigenvalue weighted by Crippen LogP contribution is -2.79. The highest BCUT2D eigenvalue weighted by molar-refractivity contribution is 5.94. The van der Waals surface area contributed by atoms with Crippen LogP contribution in [-0.4, -0.2) is 99.5 Å². The van der Waals surface area contributed by atoms with E-state index in [1.807, 2.05) is 4.90 Å². The number of aliphatic hydroxyl groups excluding tert-OH is 1. The average molecular weight is 401 g/mol. The van der Waals surface area contributed by atoms with Crippen molar-refractivity contribution in [3.8, 4) is 0 Å². The Bertz CT molecular complexity index is 795. The van der Waals surface area contributed by atoms with Gasteiger partial charge >= 0.3 is 0 Å². The second-order valence-corrected chi connectivity index (χ2v) is 8.33. The predicted octanol–water partition coefficient (Wildman–Crippen LogP) is -0.920. The van der Waals surface area contributed by atoms with E-state index in [2.05, 4.69) is 15.2 Å². The van der Waals surface area contributed by atoms with Gasteiger partial charge in [0.05, 0.1) is 17.2 Å². The largest absolute Gasteiger partial charge is 0.392 e. The minimum atomic E-state index is -0.408. The highest BCUT2D eigenvalue weighted by atomic mass is 16.3. The van der Waals surface area contributed by atoms with E-state index in [-0.39, 0.29) is 35.7 Å². The van der Waals surface area contributed by atoms with Crippen molar-refractivity contribution in [1.82, 2.24) is 25.0 Å². The van der Waals surface area contributed by atoms with E-state index >= 15 is 0 Å². The van der Waals surface area contributed by atoms with Gasteiger partial charge in [0, 0.05) is 71.0 Å². The molecule has 2 atom stereocenters. The molecular formula is C20H27N5O4. The summed E-state index contributed by atoms with van der Waals surface area (Å²) in [6, 6.07) is 3.60. The second-order valence-electron chi connectivity index (χ2n) is 8.33. The quantitative estimate of drug-likeness (QED) is 0.676. The van der Waals surface area contributed by atoms with Gasteiger partial charge in [0.25, 0.3) is 5.91 Å². The lowest BCUT2D eigenvalue weighted by Gasteiger charge is -2.60. The summed E-state index contributed by atoms with van der Waals surface area (Å²) in [6.07, 6.45) is 3.70. The number of amides is 3. The normalized spacial score (nSPS) is 25.4. The van der Waals surface area contributed by atoms with Crippen molar-refractivity contribution in [1.29, 1.82) is 0 Å². The van der Waals surface area contributed by atoms with Crippen LogP contribution >= 0.6 is 0 Å². The molecule has 0 radical (unpaired) electrons. The molecule has 3 fully saturated rings. The second kappa shape index (κ2) is 7.72. The Kier molecular flexibility index (Phi) is 5.26. The summed E-state index contributed by atoms with van der Waals surface area (Å²) in [6.45, 7) is 4.50. The van der Waals surface area contributed by atoms with Gasteiger partial charge in [0.1, 0.15) is 0 Å². The maximum absolute atomic E-state index is 13.0. The number of nitrogens with zero attached hydrogens (tertiary/aromatic N) is 4. The number of β-amino-alcohol motifs (C(OH)–C–C–N with tert-alkyl or cyclic N) is 1. The molecule has 0 bridgehead atoms. The zero-order valence-electron chi connectivity index (χ0n) is 16.6.